The van der Waals surface area contributed by atoms with Crippen LogP contribution in [-0.2, 0) is 0 Å². The van der Waals surface area contributed by atoms with Crippen molar-refractivity contribution in [3.05, 3.63) is 24.4 Å². The first-order chi connectivity index (χ1) is 6.45. The summed E-state index contributed by atoms with van der Waals surface area (Å²) in [5.74, 6) is 0.717. The third kappa shape index (κ3) is 2.42. The van der Waals surface area contributed by atoms with Crippen molar-refractivity contribution in [2.24, 2.45) is 0 Å². The van der Waals surface area contributed by atoms with Crippen molar-refractivity contribution >= 4 is 0 Å². The van der Waals surface area contributed by atoms with Crippen molar-refractivity contribution in [2.75, 3.05) is 19.8 Å². The Morgan fingerprint density at radius 3 is 2.85 bits per heavy atom. The number of aromatic nitrogens is 1. The molecule has 0 saturated carbocycles. The highest BCUT2D eigenvalue weighted by Gasteiger charge is 2.11. The molecule has 1 fully saturated rings. The van der Waals surface area contributed by atoms with Gasteiger partial charge in [-0.15, -0.1) is 0 Å². The summed E-state index contributed by atoms with van der Waals surface area (Å²) in [5.41, 5.74) is 0. The van der Waals surface area contributed by atoms with Crippen molar-refractivity contribution in [2.45, 2.75) is 12.8 Å². The Balaban J connectivity index is 1.79. The fourth-order valence-electron chi connectivity index (χ4n) is 1.50. The molecule has 3 nitrogen and oxygen atoms in total. The summed E-state index contributed by atoms with van der Waals surface area (Å²) in [6.45, 7) is 3.00. The van der Waals surface area contributed by atoms with Gasteiger partial charge in [0.2, 0.25) is 5.88 Å². The van der Waals surface area contributed by atoms with Crippen molar-refractivity contribution in [3.8, 4) is 5.88 Å². The van der Waals surface area contributed by atoms with Gasteiger partial charge in [0.15, 0.2) is 0 Å². The van der Waals surface area contributed by atoms with E-state index in [1.54, 1.807) is 6.20 Å². The van der Waals surface area contributed by atoms with Crippen molar-refractivity contribution in [3.63, 3.8) is 0 Å². The van der Waals surface area contributed by atoms with Gasteiger partial charge >= 0.3 is 0 Å². The average Bonchev–Trinajstić information content (AvgIpc) is 2.69. The van der Waals surface area contributed by atoms with Gasteiger partial charge in [-0.05, 0) is 18.9 Å². The molecule has 2 heterocycles. The van der Waals surface area contributed by atoms with Crippen LogP contribution >= 0.6 is 0 Å². The molecule has 3 heteroatoms. The van der Waals surface area contributed by atoms with Crippen LogP contribution in [0.15, 0.2) is 24.4 Å². The van der Waals surface area contributed by atoms with Gasteiger partial charge < -0.3 is 4.74 Å². The number of hydrogen-bond acceptors (Lipinski definition) is 3. The normalized spacial score (nSPS) is 17.5. The van der Waals surface area contributed by atoms with Crippen LogP contribution in [0.4, 0.5) is 0 Å². The summed E-state index contributed by atoms with van der Waals surface area (Å²) in [4.78, 5) is 6.39. The molecule has 1 aromatic rings. The largest absolute Gasteiger partial charge is 0.461 e. The van der Waals surface area contributed by atoms with Gasteiger partial charge in [-0.25, -0.2) is 4.98 Å². The van der Waals surface area contributed by atoms with E-state index in [9.17, 15) is 0 Å². The zero-order valence-corrected chi connectivity index (χ0v) is 7.65. The Kier molecular flexibility index (Phi) is 2.77. The minimum absolute atomic E-state index is 0.678. The average molecular weight is 178 g/mol. The van der Waals surface area contributed by atoms with Gasteiger partial charge in [0, 0.05) is 25.4 Å². The molecule has 0 unspecified atom stereocenters. The lowest BCUT2D eigenvalue weighted by atomic mass is 10.4. The summed E-state index contributed by atoms with van der Waals surface area (Å²) in [6, 6.07) is 5.71. The molecular weight excluding hydrogens is 164 g/mol. The maximum Gasteiger partial charge on any atom is 0.214 e. The van der Waals surface area contributed by atoms with E-state index in [1.165, 1.54) is 12.8 Å². The second kappa shape index (κ2) is 4.23. The molecule has 0 aliphatic carbocycles. The molecule has 2 rings (SSSR count). The SMILES string of the molecule is c1ccc(OCN2CCCC2)nc1. The number of rotatable bonds is 3. The number of likely N-dealkylation sites (tertiary alicyclic amines) is 1. The fourth-order valence-corrected chi connectivity index (χ4v) is 1.50. The molecule has 0 bridgehead atoms. The monoisotopic (exact) mass is 178 g/mol. The summed E-state index contributed by atoms with van der Waals surface area (Å²) in [5, 5.41) is 0. The Labute approximate surface area is 78.3 Å². The molecule has 0 radical (unpaired) electrons. The third-order valence-corrected chi connectivity index (χ3v) is 2.23. The third-order valence-electron chi connectivity index (χ3n) is 2.23. The molecular formula is C10H14N2O. The Morgan fingerprint density at radius 1 is 1.31 bits per heavy atom. The highest BCUT2D eigenvalue weighted by Crippen LogP contribution is 2.09. The maximum absolute atomic E-state index is 5.50. The molecule has 13 heavy (non-hydrogen) atoms. The summed E-state index contributed by atoms with van der Waals surface area (Å²) >= 11 is 0. The number of ether oxygens (including phenoxy) is 1. The topological polar surface area (TPSA) is 25.4 Å². The van der Waals surface area contributed by atoms with Gasteiger partial charge in [0.25, 0.3) is 0 Å². The zero-order valence-electron chi connectivity index (χ0n) is 7.65. The quantitative estimate of drug-likeness (QED) is 0.701. The van der Waals surface area contributed by atoms with Crippen LogP contribution in [0.5, 0.6) is 5.88 Å². The lowest BCUT2D eigenvalue weighted by Crippen LogP contribution is -2.24. The highest BCUT2D eigenvalue weighted by molar-refractivity contribution is 5.08. The zero-order chi connectivity index (χ0) is 8.93. The fraction of sp³-hybridized carbons (Fsp3) is 0.500. The molecule has 0 atom stereocenters. The van der Waals surface area contributed by atoms with Crippen molar-refractivity contribution < 1.29 is 4.74 Å². The van der Waals surface area contributed by atoms with E-state index in [0.717, 1.165) is 19.0 Å². The lowest BCUT2D eigenvalue weighted by molar-refractivity contribution is 0.147. The Morgan fingerprint density at radius 2 is 2.15 bits per heavy atom. The smallest absolute Gasteiger partial charge is 0.214 e. The number of pyridine rings is 1. The van der Waals surface area contributed by atoms with Crippen LogP contribution in [0, 0.1) is 0 Å². The van der Waals surface area contributed by atoms with E-state index in [-0.39, 0.29) is 0 Å². The molecule has 1 saturated heterocycles. The van der Waals surface area contributed by atoms with Crippen LogP contribution in [0.2, 0.25) is 0 Å². The van der Waals surface area contributed by atoms with E-state index in [2.05, 4.69) is 9.88 Å². The molecule has 0 N–H and O–H groups in total. The van der Waals surface area contributed by atoms with Crippen LogP contribution < -0.4 is 4.74 Å². The van der Waals surface area contributed by atoms with Crippen molar-refractivity contribution in [1.29, 1.82) is 0 Å². The second-order valence-corrected chi connectivity index (χ2v) is 3.27. The first-order valence-electron chi connectivity index (χ1n) is 4.71. The van der Waals surface area contributed by atoms with Crippen LogP contribution in [0.25, 0.3) is 0 Å². The highest BCUT2D eigenvalue weighted by atomic mass is 16.5. The minimum Gasteiger partial charge on any atom is -0.461 e. The van der Waals surface area contributed by atoms with Crippen molar-refractivity contribution in [1.82, 2.24) is 9.88 Å². The summed E-state index contributed by atoms with van der Waals surface area (Å²) < 4.78 is 5.50. The van der Waals surface area contributed by atoms with Crippen LogP contribution in [-0.4, -0.2) is 29.7 Å². The van der Waals surface area contributed by atoms with Gasteiger partial charge in [0.05, 0.1) is 0 Å². The van der Waals surface area contributed by atoms with E-state index in [1.807, 2.05) is 18.2 Å². The molecule has 0 aromatic carbocycles. The van der Waals surface area contributed by atoms with E-state index < -0.39 is 0 Å². The van der Waals surface area contributed by atoms with Crippen LogP contribution in [0.1, 0.15) is 12.8 Å². The predicted molar refractivity (Wildman–Crippen MR) is 50.5 cm³/mol. The maximum atomic E-state index is 5.50. The number of hydrogen-bond donors (Lipinski definition) is 0. The predicted octanol–water partition coefficient (Wildman–Crippen LogP) is 1.51. The standard InChI is InChI=1S/C10H14N2O/c1-2-6-11-10(5-1)13-9-12-7-3-4-8-12/h1-2,5-6H,3-4,7-9H2. The van der Waals surface area contributed by atoms with Crippen LogP contribution in [0.3, 0.4) is 0 Å². The van der Waals surface area contributed by atoms with Gasteiger partial charge in [-0.1, -0.05) is 6.07 Å². The number of nitrogens with zero attached hydrogens (tertiary/aromatic N) is 2. The first-order valence-corrected chi connectivity index (χ1v) is 4.71. The van der Waals surface area contributed by atoms with Gasteiger partial charge in [-0.3, -0.25) is 4.90 Å². The van der Waals surface area contributed by atoms with Gasteiger partial charge in [0.1, 0.15) is 6.73 Å². The molecule has 0 spiro atoms. The van der Waals surface area contributed by atoms with E-state index in [4.69, 9.17) is 4.74 Å². The molecule has 1 aliphatic rings. The molecule has 70 valence electrons. The van der Waals surface area contributed by atoms with Gasteiger partial charge in [-0.2, -0.15) is 0 Å². The lowest BCUT2D eigenvalue weighted by Gasteiger charge is -2.14. The van der Waals surface area contributed by atoms with E-state index in [0.29, 0.717) is 6.73 Å². The minimum atomic E-state index is 0.678. The summed E-state index contributed by atoms with van der Waals surface area (Å²) in [7, 11) is 0. The molecule has 1 aliphatic heterocycles. The second-order valence-electron chi connectivity index (χ2n) is 3.27. The molecule has 0 amide bonds. The Hall–Kier alpha value is -1.09. The molecule has 1 aromatic heterocycles. The summed E-state index contributed by atoms with van der Waals surface area (Å²) in [6.07, 6.45) is 4.34. The first kappa shape index (κ1) is 8.51. The van der Waals surface area contributed by atoms with E-state index >= 15 is 0 Å². The Bertz CT molecular complexity index is 244.